The highest BCUT2D eigenvalue weighted by Crippen LogP contribution is 2.03. The van der Waals surface area contributed by atoms with E-state index in [0.29, 0.717) is 0 Å². The summed E-state index contributed by atoms with van der Waals surface area (Å²) in [6.45, 7) is 9.96. The minimum absolute atomic E-state index is 0.953. The predicted octanol–water partition coefficient (Wildman–Crippen LogP) is 1.62. The molecule has 0 bridgehead atoms. The lowest BCUT2D eigenvalue weighted by Gasteiger charge is -2.36. The van der Waals surface area contributed by atoms with Crippen LogP contribution in [0.15, 0.2) is 0 Å². The van der Waals surface area contributed by atoms with Gasteiger partial charge in [-0.25, -0.2) is 0 Å². The summed E-state index contributed by atoms with van der Waals surface area (Å²) in [4.78, 5) is 7.09. The summed E-state index contributed by atoms with van der Waals surface area (Å²) in [6.07, 6.45) is 5.17. The fraction of sp³-hybridized carbons (Fsp3) is 0.933. The lowest BCUT2D eigenvalue weighted by Crippen LogP contribution is -2.52. The largest absolute Gasteiger partial charge is 0.363 e. The van der Waals surface area contributed by atoms with Crippen LogP contribution in [-0.4, -0.2) is 79.7 Å². The number of hydrogen-bond acceptors (Lipinski definition) is 3. The number of unbranched alkanes of at least 4 members (excludes halogenated alkanes) is 3. The molecule has 0 aliphatic carbocycles. The van der Waals surface area contributed by atoms with Gasteiger partial charge in [-0.15, -0.1) is 0 Å². The minimum atomic E-state index is 0.953. The molecule has 20 heavy (non-hydrogen) atoms. The number of nitrogens with one attached hydrogen (secondary N) is 1. The molecule has 1 rings (SSSR count). The Morgan fingerprint density at radius 1 is 1.10 bits per heavy atom. The molecule has 0 radical (unpaired) electrons. The summed E-state index contributed by atoms with van der Waals surface area (Å²) in [5, 5.41) is 4.36. The maximum absolute atomic E-state index is 5.48. The monoisotopic (exact) mass is 300 g/mol. The first kappa shape index (κ1) is 17.7. The van der Waals surface area contributed by atoms with Crippen LogP contribution in [0.3, 0.4) is 0 Å². The molecule has 1 saturated heterocycles. The molecule has 0 aromatic heterocycles. The molecular formula is C15H32N4S. The molecule has 0 unspecified atom stereocenters. The zero-order valence-electron chi connectivity index (χ0n) is 13.5. The highest BCUT2D eigenvalue weighted by molar-refractivity contribution is 7.80. The maximum Gasteiger partial charge on any atom is 0.169 e. The highest BCUT2D eigenvalue weighted by atomic mass is 32.1. The predicted molar refractivity (Wildman–Crippen MR) is 91.3 cm³/mol. The van der Waals surface area contributed by atoms with E-state index in [2.05, 4.69) is 41.0 Å². The van der Waals surface area contributed by atoms with Gasteiger partial charge in [0.1, 0.15) is 0 Å². The van der Waals surface area contributed by atoms with Gasteiger partial charge in [0, 0.05) is 45.8 Å². The van der Waals surface area contributed by atoms with Crippen molar-refractivity contribution in [2.45, 2.75) is 32.6 Å². The Bertz CT molecular complexity index is 263. The van der Waals surface area contributed by atoms with Gasteiger partial charge in [-0.3, -0.25) is 4.90 Å². The molecule has 1 fully saturated rings. The molecule has 0 saturated carbocycles. The van der Waals surface area contributed by atoms with Crippen LogP contribution in [0.4, 0.5) is 0 Å². The molecule has 0 atom stereocenters. The second-order valence-electron chi connectivity index (χ2n) is 5.92. The molecule has 0 aromatic carbocycles. The van der Waals surface area contributed by atoms with Crippen molar-refractivity contribution >= 4 is 17.3 Å². The number of hydrogen-bond donors (Lipinski definition) is 1. The number of nitrogens with zero attached hydrogens (tertiary/aromatic N) is 3. The Labute approximate surface area is 130 Å². The molecule has 1 heterocycles. The van der Waals surface area contributed by atoms with Crippen LogP contribution < -0.4 is 5.32 Å². The van der Waals surface area contributed by atoms with Crippen molar-refractivity contribution in [3.8, 4) is 0 Å². The topological polar surface area (TPSA) is 21.8 Å². The number of rotatable bonds is 8. The van der Waals surface area contributed by atoms with Gasteiger partial charge in [0.05, 0.1) is 0 Å². The minimum Gasteiger partial charge on any atom is -0.363 e. The summed E-state index contributed by atoms with van der Waals surface area (Å²) in [6, 6.07) is 0. The smallest absolute Gasteiger partial charge is 0.169 e. The number of thiocarbonyl (C=S) groups is 1. The summed E-state index contributed by atoms with van der Waals surface area (Å²) in [5.41, 5.74) is 0. The molecule has 1 aliphatic rings. The molecule has 5 heteroatoms. The van der Waals surface area contributed by atoms with Crippen molar-refractivity contribution in [2.24, 2.45) is 0 Å². The van der Waals surface area contributed by atoms with Gasteiger partial charge in [0.15, 0.2) is 5.11 Å². The Morgan fingerprint density at radius 3 is 2.40 bits per heavy atom. The van der Waals surface area contributed by atoms with Crippen LogP contribution in [0.5, 0.6) is 0 Å². The molecule has 0 spiro atoms. The van der Waals surface area contributed by atoms with Gasteiger partial charge in [-0.05, 0) is 32.7 Å². The Balaban J connectivity index is 2.09. The summed E-state index contributed by atoms with van der Waals surface area (Å²) in [5.74, 6) is 0. The van der Waals surface area contributed by atoms with Crippen molar-refractivity contribution in [3.05, 3.63) is 0 Å². The summed E-state index contributed by atoms with van der Waals surface area (Å²) in [7, 11) is 4.27. The van der Waals surface area contributed by atoms with Gasteiger partial charge >= 0.3 is 0 Å². The second kappa shape index (κ2) is 10.4. The molecule has 0 amide bonds. The van der Waals surface area contributed by atoms with Crippen LogP contribution in [0.25, 0.3) is 0 Å². The van der Waals surface area contributed by atoms with E-state index < -0.39 is 0 Å². The average molecular weight is 301 g/mol. The first-order valence-electron chi connectivity index (χ1n) is 8.03. The zero-order chi connectivity index (χ0) is 14.8. The average Bonchev–Trinajstić information content (AvgIpc) is 2.45. The Kier molecular flexibility index (Phi) is 9.14. The second-order valence-corrected chi connectivity index (χ2v) is 6.31. The molecular weight excluding hydrogens is 268 g/mol. The summed E-state index contributed by atoms with van der Waals surface area (Å²) < 4.78 is 0. The third kappa shape index (κ3) is 7.41. The molecule has 1 aliphatic heterocycles. The van der Waals surface area contributed by atoms with Crippen molar-refractivity contribution in [2.75, 3.05) is 59.9 Å². The van der Waals surface area contributed by atoms with Crippen molar-refractivity contribution < 1.29 is 0 Å². The van der Waals surface area contributed by atoms with Crippen LogP contribution in [0, 0.1) is 0 Å². The SMILES string of the molecule is CCCCCCNC(=S)N1CCN(CCN(C)C)CC1. The number of likely N-dealkylation sites (N-methyl/N-ethyl adjacent to an activating group) is 1. The van der Waals surface area contributed by atoms with E-state index in [4.69, 9.17) is 12.2 Å². The standard InChI is InChI=1S/C15H32N4S/c1-4-5-6-7-8-16-15(20)19-13-11-18(12-14-19)10-9-17(2)3/h4-14H2,1-3H3,(H,16,20). The molecule has 4 nitrogen and oxygen atoms in total. The number of piperazine rings is 1. The van der Waals surface area contributed by atoms with Crippen molar-refractivity contribution in [1.82, 2.24) is 20.0 Å². The van der Waals surface area contributed by atoms with E-state index in [9.17, 15) is 0 Å². The van der Waals surface area contributed by atoms with E-state index in [-0.39, 0.29) is 0 Å². The normalized spacial score (nSPS) is 16.7. The van der Waals surface area contributed by atoms with Crippen molar-refractivity contribution in [3.63, 3.8) is 0 Å². The van der Waals surface area contributed by atoms with E-state index in [1.165, 1.54) is 25.7 Å². The van der Waals surface area contributed by atoms with Gasteiger partial charge in [0.2, 0.25) is 0 Å². The zero-order valence-corrected chi connectivity index (χ0v) is 14.3. The quantitative estimate of drug-likeness (QED) is 0.542. The van der Waals surface area contributed by atoms with E-state index in [1.807, 2.05) is 0 Å². The van der Waals surface area contributed by atoms with Gasteiger partial charge in [0.25, 0.3) is 0 Å². The van der Waals surface area contributed by atoms with E-state index in [0.717, 1.165) is 50.9 Å². The molecule has 0 aromatic rings. The van der Waals surface area contributed by atoms with Crippen LogP contribution >= 0.6 is 12.2 Å². The van der Waals surface area contributed by atoms with Gasteiger partial charge < -0.3 is 15.1 Å². The fourth-order valence-corrected chi connectivity index (χ4v) is 2.66. The lowest BCUT2D eigenvalue weighted by atomic mass is 10.2. The lowest BCUT2D eigenvalue weighted by molar-refractivity contribution is 0.168. The van der Waals surface area contributed by atoms with Crippen LogP contribution in [-0.2, 0) is 0 Å². The van der Waals surface area contributed by atoms with Gasteiger partial charge in [-0.2, -0.15) is 0 Å². The Morgan fingerprint density at radius 2 is 1.80 bits per heavy atom. The van der Waals surface area contributed by atoms with E-state index >= 15 is 0 Å². The molecule has 1 N–H and O–H groups in total. The third-order valence-corrected chi connectivity index (χ3v) is 4.23. The molecule has 118 valence electrons. The fourth-order valence-electron chi connectivity index (χ4n) is 2.37. The van der Waals surface area contributed by atoms with Crippen molar-refractivity contribution in [1.29, 1.82) is 0 Å². The summed E-state index contributed by atoms with van der Waals surface area (Å²) >= 11 is 5.48. The Hall–Kier alpha value is -0.390. The van der Waals surface area contributed by atoms with Crippen LogP contribution in [0.2, 0.25) is 0 Å². The van der Waals surface area contributed by atoms with E-state index in [1.54, 1.807) is 0 Å². The third-order valence-electron chi connectivity index (χ3n) is 3.83. The van der Waals surface area contributed by atoms with Crippen LogP contribution in [0.1, 0.15) is 32.6 Å². The first-order valence-corrected chi connectivity index (χ1v) is 8.44. The first-order chi connectivity index (χ1) is 9.63. The maximum atomic E-state index is 5.48. The van der Waals surface area contributed by atoms with Gasteiger partial charge in [-0.1, -0.05) is 26.2 Å². The highest BCUT2D eigenvalue weighted by Gasteiger charge is 2.18.